The van der Waals surface area contributed by atoms with Crippen LogP contribution >= 0.6 is 12.2 Å². The molecule has 9 nitrogen and oxygen atoms in total. The molecule has 0 radical (unpaired) electrons. The van der Waals surface area contributed by atoms with Crippen molar-refractivity contribution in [2.45, 2.75) is 6.92 Å². The van der Waals surface area contributed by atoms with E-state index >= 15 is 0 Å². The summed E-state index contributed by atoms with van der Waals surface area (Å²) in [6.45, 7) is 1.85. The van der Waals surface area contributed by atoms with Gasteiger partial charge in [-0.2, -0.15) is 9.78 Å². The zero-order valence-electron chi connectivity index (χ0n) is 11.4. The number of hydrogen-bond donors (Lipinski definition) is 0. The number of carbonyl (C=O) groups excluding carboxylic acids is 1. The van der Waals surface area contributed by atoms with Crippen LogP contribution < -0.4 is 0 Å². The highest BCUT2D eigenvalue weighted by Gasteiger charge is 2.12. The Balaban J connectivity index is 2.31. The first-order valence-corrected chi connectivity index (χ1v) is 6.57. The largest absolute Gasteiger partial charge is 0.448 e. The number of ether oxygens (including phenoxy) is 1. The fraction of sp³-hybridized carbons (Fsp3) is 0.167. The van der Waals surface area contributed by atoms with Gasteiger partial charge in [-0.3, -0.25) is 10.1 Å². The number of rotatable bonds is 4. The third-order valence-corrected chi connectivity index (χ3v) is 2.91. The van der Waals surface area contributed by atoms with Gasteiger partial charge < -0.3 is 4.74 Å². The van der Waals surface area contributed by atoms with Crippen LogP contribution in [0.4, 0.5) is 10.5 Å². The van der Waals surface area contributed by atoms with Crippen molar-refractivity contribution in [1.82, 2.24) is 14.5 Å². The molecule has 0 aliphatic rings. The van der Waals surface area contributed by atoms with E-state index in [0.717, 1.165) is 9.36 Å². The Morgan fingerprint density at radius 2 is 2.27 bits per heavy atom. The van der Waals surface area contributed by atoms with Crippen molar-refractivity contribution in [3.05, 3.63) is 51.0 Å². The molecule has 1 aromatic heterocycles. The Hall–Kier alpha value is -2.88. The topological polar surface area (TPSA) is 105 Å². The van der Waals surface area contributed by atoms with Gasteiger partial charge in [-0.15, -0.1) is 9.78 Å². The van der Waals surface area contributed by atoms with Crippen LogP contribution in [0.1, 0.15) is 12.5 Å². The summed E-state index contributed by atoms with van der Waals surface area (Å²) in [6.07, 6.45) is 1.77. The van der Waals surface area contributed by atoms with Gasteiger partial charge in [0.15, 0.2) is 0 Å². The van der Waals surface area contributed by atoms with Crippen molar-refractivity contribution in [1.29, 1.82) is 0 Å². The van der Waals surface area contributed by atoms with Crippen LogP contribution in [0.15, 0.2) is 35.7 Å². The minimum atomic E-state index is -0.716. The first-order chi connectivity index (χ1) is 10.5. The van der Waals surface area contributed by atoms with Crippen LogP contribution in [-0.2, 0) is 4.74 Å². The van der Waals surface area contributed by atoms with Gasteiger partial charge in [-0.1, -0.05) is 12.1 Å². The van der Waals surface area contributed by atoms with E-state index in [-0.39, 0.29) is 17.1 Å². The lowest BCUT2D eigenvalue weighted by atomic mass is 10.2. The molecule has 10 heteroatoms. The number of carbonyl (C=O) groups is 1. The molecule has 0 bridgehead atoms. The van der Waals surface area contributed by atoms with E-state index in [0.29, 0.717) is 5.56 Å². The van der Waals surface area contributed by atoms with Gasteiger partial charge in [0.1, 0.15) is 6.33 Å². The number of nitro benzene ring substituents is 1. The van der Waals surface area contributed by atoms with E-state index in [2.05, 4.69) is 10.2 Å². The maximum Gasteiger partial charge on any atom is 0.437 e. The van der Waals surface area contributed by atoms with E-state index in [1.807, 2.05) is 0 Å². The Kier molecular flexibility index (Phi) is 4.73. The molecule has 1 aromatic carbocycles. The molecular weight excluding hydrogens is 310 g/mol. The lowest BCUT2D eigenvalue weighted by Gasteiger charge is -1.99. The first kappa shape index (κ1) is 15.5. The van der Waals surface area contributed by atoms with Crippen molar-refractivity contribution in [2.75, 3.05) is 6.61 Å². The minimum absolute atomic E-state index is 0.00622. The van der Waals surface area contributed by atoms with Gasteiger partial charge in [0.25, 0.3) is 5.69 Å². The standard InChI is InChI=1S/C12H11N5O4S/c1-2-21-12(18)16-11(22)15(8-14-16)13-7-9-5-3-4-6-10(9)17(19)20/h3-8H,2H2,1H3/b13-7-. The molecule has 0 fully saturated rings. The van der Waals surface area contributed by atoms with Crippen molar-refractivity contribution in [3.8, 4) is 0 Å². The third kappa shape index (κ3) is 3.23. The maximum atomic E-state index is 11.6. The average Bonchev–Trinajstić information content (AvgIpc) is 2.86. The predicted molar refractivity (Wildman–Crippen MR) is 79.6 cm³/mol. The van der Waals surface area contributed by atoms with E-state index < -0.39 is 11.0 Å². The molecule has 0 saturated heterocycles. The quantitative estimate of drug-likeness (QED) is 0.370. The zero-order chi connectivity index (χ0) is 16.1. The van der Waals surface area contributed by atoms with Crippen LogP contribution in [-0.4, -0.2) is 38.3 Å². The van der Waals surface area contributed by atoms with Gasteiger partial charge in [0.2, 0.25) is 4.77 Å². The Labute approximate surface area is 129 Å². The number of nitrogens with zero attached hydrogens (tertiary/aromatic N) is 5. The summed E-state index contributed by atoms with van der Waals surface area (Å²) in [6, 6.07) is 6.11. The van der Waals surface area contributed by atoms with Gasteiger partial charge in [0.05, 0.1) is 23.3 Å². The summed E-state index contributed by atoms with van der Waals surface area (Å²) in [7, 11) is 0. The van der Waals surface area contributed by atoms with Crippen molar-refractivity contribution >= 4 is 30.2 Å². The monoisotopic (exact) mass is 321 g/mol. The normalized spacial score (nSPS) is 10.8. The second-order valence-electron chi connectivity index (χ2n) is 3.93. The molecule has 1 heterocycles. The van der Waals surface area contributed by atoms with Gasteiger partial charge in [-0.25, -0.2) is 4.79 Å². The summed E-state index contributed by atoms with van der Waals surface area (Å²) in [5, 5.41) is 18.6. The number of hydrogen-bond acceptors (Lipinski definition) is 7. The molecule has 0 amide bonds. The Morgan fingerprint density at radius 3 is 2.95 bits per heavy atom. The highest BCUT2D eigenvalue weighted by atomic mass is 32.1. The average molecular weight is 321 g/mol. The van der Waals surface area contributed by atoms with Crippen LogP contribution in [0.3, 0.4) is 0 Å². The molecule has 2 aromatic rings. The molecule has 0 saturated carbocycles. The van der Waals surface area contributed by atoms with Crippen molar-refractivity contribution < 1.29 is 14.5 Å². The zero-order valence-corrected chi connectivity index (χ0v) is 12.3. The SMILES string of the molecule is CCOC(=O)n1ncn(/N=C\c2ccccc2[N+](=O)[O-])c1=S. The molecule has 0 N–H and O–H groups in total. The van der Waals surface area contributed by atoms with Crippen LogP contribution in [0.25, 0.3) is 0 Å². The molecule has 22 heavy (non-hydrogen) atoms. The predicted octanol–water partition coefficient (Wildman–Crippen LogP) is 2.21. The highest BCUT2D eigenvalue weighted by molar-refractivity contribution is 7.71. The second-order valence-corrected chi connectivity index (χ2v) is 4.29. The minimum Gasteiger partial charge on any atom is -0.448 e. The van der Waals surface area contributed by atoms with Crippen LogP contribution in [0.2, 0.25) is 0 Å². The van der Waals surface area contributed by atoms with E-state index in [1.165, 1.54) is 18.6 Å². The van der Waals surface area contributed by atoms with Crippen LogP contribution in [0, 0.1) is 14.9 Å². The smallest absolute Gasteiger partial charge is 0.437 e. The van der Waals surface area contributed by atoms with E-state index in [9.17, 15) is 14.9 Å². The van der Waals surface area contributed by atoms with E-state index in [1.54, 1.807) is 25.1 Å². The van der Waals surface area contributed by atoms with Gasteiger partial charge in [0, 0.05) is 6.07 Å². The summed E-state index contributed by atoms with van der Waals surface area (Å²) in [5.41, 5.74) is 0.217. The van der Waals surface area contributed by atoms with Gasteiger partial charge >= 0.3 is 6.09 Å². The first-order valence-electron chi connectivity index (χ1n) is 6.16. The highest BCUT2D eigenvalue weighted by Crippen LogP contribution is 2.15. The lowest BCUT2D eigenvalue weighted by molar-refractivity contribution is -0.385. The van der Waals surface area contributed by atoms with E-state index in [4.69, 9.17) is 17.0 Å². The number of aromatic nitrogens is 3. The van der Waals surface area contributed by atoms with Crippen LogP contribution in [0.5, 0.6) is 0 Å². The summed E-state index contributed by atoms with van der Waals surface area (Å²) in [4.78, 5) is 21.9. The molecule has 114 valence electrons. The third-order valence-electron chi connectivity index (χ3n) is 2.55. The fourth-order valence-electron chi connectivity index (χ4n) is 1.57. The molecule has 0 aliphatic heterocycles. The number of para-hydroxylation sites is 1. The Morgan fingerprint density at radius 1 is 1.55 bits per heavy atom. The van der Waals surface area contributed by atoms with Crippen molar-refractivity contribution in [3.63, 3.8) is 0 Å². The molecule has 0 atom stereocenters. The number of nitro groups is 1. The molecule has 0 aliphatic carbocycles. The lowest BCUT2D eigenvalue weighted by Crippen LogP contribution is -2.15. The summed E-state index contributed by atoms with van der Waals surface area (Å²) >= 11 is 5.03. The van der Waals surface area contributed by atoms with Gasteiger partial charge in [-0.05, 0) is 25.2 Å². The Bertz CT molecular complexity index is 795. The molecule has 0 spiro atoms. The summed E-state index contributed by atoms with van der Waals surface area (Å²) < 4.78 is 6.78. The fourth-order valence-corrected chi connectivity index (χ4v) is 1.79. The maximum absolute atomic E-state index is 11.6. The number of benzene rings is 1. The molecule has 0 unspecified atom stereocenters. The second kappa shape index (κ2) is 6.72. The summed E-state index contributed by atoms with van der Waals surface area (Å²) in [5.74, 6) is 0. The molecule has 2 rings (SSSR count). The molecular formula is C12H11N5O4S. The van der Waals surface area contributed by atoms with Crippen molar-refractivity contribution in [2.24, 2.45) is 5.10 Å².